The molecule has 3 saturated heterocycles. The Morgan fingerprint density at radius 2 is 0.628 bits per heavy atom. The van der Waals surface area contributed by atoms with Gasteiger partial charge in [-0.15, -0.1) is 36.5 Å². The maximum atomic E-state index is 5.74. The van der Waals surface area contributed by atoms with E-state index in [2.05, 4.69) is 241 Å². The third-order valence-corrected chi connectivity index (χ3v) is 35.8. The van der Waals surface area contributed by atoms with Gasteiger partial charge >= 0.3 is 77.5 Å². The number of rotatable bonds is 16. The van der Waals surface area contributed by atoms with Crippen molar-refractivity contribution in [3.63, 3.8) is 0 Å². The molecule has 0 radical (unpaired) electrons. The Labute approximate surface area is 753 Å². The fourth-order valence-electron chi connectivity index (χ4n) is 19.9. The molecule has 0 aromatic heterocycles. The van der Waals surface area contributed by atoms with Crippen molar-refractivity contribution in [3.05, 3.63) is 287 Å². The molecule has 3 heterocycles. The maximum Gasteiger partial charge on any atom is 3.00 e. The third kappa shape index (κ3) is 29.1. The summed E-state index contributed by atoms with van der Waals surface area (Å²) in [5.74, 6) is 4.31. The third-order valence-electron chi connectivity index (χ3n) is 25.6. The molecule has 0 amide bonds. The molecule has 12 atom stereocenters. The van der Waals surface area contributed by atoms with Crippen LogP contribution in [0, 0.1) is 78.6 Å². The Morgan fingerprint density at radius 1 is 0.345 bits per heavy atom. The summed E-state index contributed by atoms with van der Waals surface area (Å²) in [7, 11) is 7.15. The van der Waals surface area contributed by atoms with Crippen LogP contribution in [-0.2, 0) is 84.1 Å². The molecule has 9 nitrogen and oxygen atoms in total. The van der Waals surface area contributed by atoms with Gasteiger partial charge in [-0.05, 0) is 183 Å². The van der Waals surface area contributed by atoms with E-state index in [4.69, 9.17) is 14.9 Å². The van der Waals surface area contributed by atoms with Gasteiger partial charge in [0.2, 0.25) is 0 Å². The summed E-state index contributed by atoms with van der Waals surface area (Å²) in [5.41, 5.74) is 11.7. The first-order valence-corrected chi connectivity index (χ1v) is 50.9. The molecule has 113 heavy (non-hydrogen) atoms. The van der Waals surface area contributed by atoms with E-state index in [1.54, 1.807) is 0 Å². The largest absolute Gasteiger partial charge is 3.00 e. The van der Waals surface area contributed by atoms with Crippen molar-refractivity contribution >= 4 is 47.5 Å². The number of allylic oxidation sites excluding steroid dienone is 9. The van der Waals surface area contributed by atoms with Crippen molar-refractivity contribution in [2.75, 3.05) is 96.3 Å². The minimum Gasteiger partial charge on any atom is -0.687 e. The van der Waals surface area contributed by atoms with E-state index >= 15 is 0 Å². The number of nitrogens with zero attached hydrogens (tertiary/aromatic N) is 9. The molecular weight excluding hydrogens is 1520 g/mol. The maximum absolute atomic E-state index is 5.74. The summed E-state index contributed by atoms with van der Waals surface area (Å²) < 4.78 is 0. The van der Waals surface area contributed by atoms with Gasteiger partial charge in [0.15, 0.2) is 0 Å². The van der Waals surface area contributed by atoms with Gasteiger partial charge in [-0.3, -0.25) is 14.7 Å². The molecule has 0 N–H and O–H groups in total. The quantitative estimate of drug-likeness (QED) is 0.0725. The average Bonchev–Trinajstić information content (AvgIpc) is 1.63. The molecule has 0 spiro atoms. The summed E-state index contributed by atoms with van der Waals surface area (Å²) in [6.45, 7) is 35.6. The predicted molar refractivity (Wildman–Crippen MR) is 494 cm³/mol. The van der Waals surface area contributed by atoms with Gasteiger partial charge in [-0.25, -0.2) is 0 Å². The minimum atomic E-state index is -1.70. The Kier molecular flexibility index (Phi) is 45.5. The molecule has 12 unspecified atom stereocenters. The van der Waals surface area contributed by atoms with Gasteiger partial charge in [0, 0.05) is 18.1 Å². The smallest absolute Gasteiger partial charge is 0.687 e. The number of hydrogen-bond donors (Lipinski definition) is 0. The summed E-state index contributed by atoms with van der Waals surface area (Å²) in [5, 5.41) is 0. The van der Waals surface area contributed by atoms with Crippen molar-refractivity contribution in [1.82, 2.24) is 14.7 Å². The van der Waals surface area contributed by atoms with Crippen molar-refractivity contribution in [2.24, 2.45) is 35.5 Å². The topological polar surface area (TPSA) is 61.7 Å². The van der Waals surface area contributed by atoms with Gasteiger partial charge in [0.25, 0.3) is 0 Å². The number of para-hydroxylation sites is 3. The van der Waals surface area contributed by atoms with Crippen LogP contribution in [0.5, 0.6) is 0 Å². The molecule has 5 aromatic carbocycles. The van der Waals surface area contributed by atoms with Crippen LogP contribution in [0.1, 0.15) is 138 Å². The molecule has 606 valence electrons. The summed E-state index contributed by atoms with van der Waals surface area (Å²) in [6.07, 6.45) is 54.1. The van der Waals surface area contributed by atoms with E-state index in [0.717, 1.165) is 69.8 Å². The molecule has 5 aromatic rings. The number of fused-ring (bicyclic) bond motifs is 3. The molecule has 10 aliphatic rings. The summed E-state index contributed by atoms with van der Waals surface area (Å²) in [4.78, 5) is 30.9. The van der Waals surface area contributed by atoms with Crippen LogP contribution in [0.15, 0.2) is 206 Å². The zero-order valence-corrected chi connectivity index (χ0v) is 81.6. The Morgan fingerprint density at radius 3 is 0.947 bits per heavy atom. The van der Waals surface area contributed by atoms with Crippen LogP contribution in [-0.4, -0.2) is 145 Å². The average molecular weight is 1670 g/mol. The minimum absolute atomic E-state index is 0. The molecule has 4 saturated carbocycles. The SMILES string of the molecule is C[Si](C)([N-]C1CCCCCCCCC1)C1CC(N2CCCC2)C2C=CC=CC21.C[Si](C)([N-]Cc1ccccc1)C1CC(N2CCCC2)C2C=CC=CC21.C[Si](C)([N-]c1ccccc1)C1CC(N2CCCC2)C2C=CC=CC21.[CH2-]c1ccccc1N(C)C.[CH2-]c1ccccc1N(C)C.[CH2-]c1ccccc1N(C)C.[CH3-].[CH3-].[CH3-].[Sc+3].[Sc+3].[Sc+3]. The van der Waals surface area contributed by atoms with Crippen molar-refractivity contribution < 1.29 is 77.5 Å². The van der Waals surface area contributed by atoms with Gasteiger partial charge in [-0.1, -0.05) is 323 Å². The fraction of sp³-hybridized carbons (Fsp3) is 0.510. The van der Waals surface area contributed by atoms with E-state index in [-0.39, 0.29) is 99.8 Å². The fourth-order valence-corrected chi connectivity index (χ4v) is 29.4. The monoisotopic (exact) mass is 1670 g/mol. The van der Waals surface area contributed by atoms with Crippen molar-refractivity contribution in [2.45, 2.75) is 202 Å². The number of likely N-dealkylation sites (tertiary alicyclic amines) is 3. The first kappa shape index (κ1) is 102. The van der Waals surface area contributed by atoms with Crippen molar-refractivity contribution in [3.8, 4) is 0 Å². The summed E-state index contributed by atoms with van der Waals surface area (Å²) >= 11 is 0. The first-order chi connectivity index (χ1) is 51.6. The zero-order valence-electron chi connectivity index (χ0n) is 73.2. The van der Waals surface area contributed by atoms with Gasteiger partial charge in [0.05, 0.1) is 0 Å². The van der Waals surface area contributed by atoms with E-state index in [1.807, 2.05) is 96.9 Å². The van der Waals surface area contributed by atoms with Crippen molar-refractivity contribution in [1.29, 1.82) is 0 Å². The molecule has 3 aliphatic heterocycles. The normalized spacial score (nSPS) is 25.5. The van der Waals surface area contributed by atoms with Crippen LogP contribution in [0.3, 0.4) is 0 Å². The van der Waals surface area contributed by atoms with Gasteiger partial charge in [-0.2, -0.15) is 55.7 Å². The van der Waals surface area contributed by atoms with E-state index in [1.165, 1.54) is 183 Å². The number of hydrogen-bond acceptors (Lipinski definition) is 6. The van der Waals surface area contributed by atoms with E-state index in [9.17, 15) is 0 Å². The standard InChI is InChI=1S/C25H43N2Si.C22H31N2Si.C21H29N2Si.3C9H12N.3CH3.3Sc/c1-28(2,26-21-14-8-6-4-3-5-7-9-15-21)25-20-24(27-18-12-13-19-27)22-16-10-11-17-23(22)25;1-25(2,23-17-18-10-4-3-5-11-18)22-16-21(24-14-8-9-15-24)19-12-6-7-13-20(19)22;1-24(2,22-17-10-4-3-5-11-17)21-16-20(23-14-8-9-15-23)18-12-6-7-13-19(18)21;3*1-8-6-4-5-7-9(8)10(2)3;;;;;;/h10-11,16-17,21-25H,3-9,12-15,18-20H2,1-2H3;3-7,10-13,19-22H,8-9,14-17H2,1-2H3;3-7,10-13,18-21H,8-9,14-16H2,1-2H3;3*4-7H,1H2,2-3H3;3*1H3;;;/q9*-1;3*+3. The summed E-state index contributed by atoms with van der Waals surface area (Å²) in [6, 6.07) is 48.6. The molecule has 7 aliphatic carbocycles. The number of anilines is 3. The zero-order chi connectivity index (χ0) is 75.9. The van der Waals surface area contributed by atoms with Crippen LogP contribution >= 0.6 is 0 Å². The number of benzene rings is 5. The predicted octanol–water partition coefficient (Wildman–Crippen LogP) is 25.1. The molecule has 0 bridgehead atoms. The Bertz CT molecular complexity index is 3510. The second-order valence-corrected chi connectivity index (χ2v) is 47.8. The van der Waals surface area contributed by atoms with Crippen LogP contribution in [0.4, 0.5) is 22.7 Å². The Hall–Kier alpha value is -3.59. The van der Waals surface area contributed by atoms with E-state index < -0.39 is 24.7 Å². The van der Waals surface area contributed by atoms with Gasteiger partial charge < -0.3 is 51.9 Å². The Balaban J connectivity index is 0.000000296. The molecular formula is C98H148N9Sc3Si3. The van der Waals surface area contributed by atoms with Crippen LogP contribution < -0.4 is 14.7 Å². The van der Waals surface area contributed by atoms with Crippen LogP contribution in [0.25, 0.3) is 14.9 Å². The molecule has 15 rings (SSSR count). The van der Waals surface area contributed by atoms with E-state index in [0.29, 0.717) is 29.7 Å². The first-order valence-electron chi connectivity index (χ1n) is 41.8. The second-order valence-electron chi connectivity index (χ2n) is 34.8. The van der Waals surface area contributed by atoms with Crippen LogP contribution in [0.2, 0.25) is 55.9 Å². The van der Waals surface area contributed by atoms with Gasteiger partial charge in [0.1, 0.15) is 0 Å². The molecule has 15 heteroatoms. The molecule has 7 fully saturated rings. The second kappa shape index (κ2) is 50.5.